The van der Waals surface area contributed by atoms with Crippen molar-refractivity contribution in [3.05, 3.63) is 62.4 Å². The van der Waals surface area contributed by atoms with Crippen molar-refractivity contribution in [3.63, 3.8) is 0 Å². The van der Waals surface area contributed by atoms with Gasteiger partial charge in [0, 0.05) is 26.6 Å². The molecule has 7 nitrogen and oxygen atoms in total. The molecule has 0 saturated heterocycles. The number of carbonyl (C=O) groups is 1. The highest BCUT2D eigenvalue weighted by molar-refractivity contribution is 5.69. The van der Waals surface area contributed by atoms with E-state index >= 15 is 0 Å². The first-order valence-electron chi connectivity index (χ1n) is 7.47. The Morgan fingerprint density at radius 1 is 1.08 bits per heavy atom. The van der Waals surface area contributed by atoms with Crippen LogP contribution in [-0.4, -0.2) is 22.2 Å². The number of methoxy groups -OCH3 is 1. The fourth-order valence-corrected chi connectivity index (χ4v) is 2.18. The Balaban J connectivity index is 1.91. The predicted molar refractivity (Wildman–Crippen MR) is 88.0 cm³/mol. The van der Waals surface area contributed by atoms with Crippen molar-refractivity contribution in [3.8, 4) is 5.75 Å². The third-order valence-corrected chi connectivity index (χ3v) is 3.78. The summed E-state index contributed by atoms with van der Waals surface area (Å²) in [5.74, 6) is 0.367. The topological polar surface area (TPSA) is 79.5 Å². The molecule has 128 valence electrons. The largest absolute Gasteiger partial charge is 0.497 e. The second-order valence-corrected chi connectivity index (χ2v) is 5.38. The molecule has 24 heavy (non-hydrogen) atoms. The van der Waals surface area contributed by atoms with E-state index in [0.29, 0.717) is 12.1 Å². The van der Waals surface area contributed by atoms with E-state index in [4.69, 9.17) is 9.47 Å². The third kappa shape index (κ3) is 4.13. The van der Waals surface area contributed by atoms with Gasteiger partial charge in [0.2, 0.25) is 0 Å². The number of carbonyl (C=O) groups excluding carboxylic acids is 1. The number of aryl methyl sites for hydroxylation is 1. The summed E-state index contributed by atoms with van der Waals surface area (Å²) in [6.07, 6.45) is 0.753. The maximum absolute atomic E-state index is 11.8. The van der Waals surface area contributed by atoms with Gasteiger partial charge in [0.25, 0.3) is 5.56 Å². The van der Waals surface area contributed by atoms with Gasteiger partial charge in [0.1, 0.15) is 12.4 Å². The Hall–Kier alpha value is -2.83. The van der Waals surface area contributed by atoms with Crippen LogP contribution in [0.4, 0.5) is 0 Å². The maximum atomic E-state index is 11.8. The number of ether oxygens (including phenoxy) is 2. The van der Waals surface area contributed by atoms with Crippen molar-refractivity contribution in [2.24, 2.45) is 14.1 Å². The van der Waals surface area contributed by atoms with Gasteiger partial charge in [-0.15, -0.1) is 0 Å². The van der Waals surface area contributed by atoms with Gasteiger partial charge in [-0.25, -0.2) is 4.79 Å². The normalized spacial score (nSPS) is 10.5. The van der Waals surface area contributed by atoms with Gasteiger partial charge < -0.3 is 9.47 Å². The molecule has 1 aromatic heterocycles. The molecule has 1 aromatic carbocycles. The van der Waals surface area contributed by atoms with E-state index in [9.17, 15) is 14.4 Å². The quantitative estimate of drug-likeness (QED) is 0.730. The van der Waals surface area contributed by atoms with Crippen LogP contribution in [-0.2, 0) is 36.7 Å². The highest BCUT2D eigenvalue weighted by atomic mass is 16.5. The number of esters is 1. The first-order valence-corrected chi connectivity index (χ1v) is 7.47. The van der Waals surface area contributed by atoms with Crippen LogP contribution in [0.1, 0.15) is 17.7 Å². The molecular formula is C17H20N2O5. The third-order valence-electron chi connectivity index (χ3n) is 3.78. The Bertz CT molecular complexity index is 834. The maximum Gasteiger partial charge on any atom is 0.330 e. The van der Waals surface area contributed by atoms with Crippen LogP contribution < -0.4 is 16.0 Å². The second kappa shape index (κ2) is 7.63. The van der Waals surface area contributed by atoms with Crippen molar-refractivity contribution in [2.45, 2.75) is 19.4 Å². The zero-order chi connectivity index (χ0) is 17.7. The molecular weight excluding hydrogens is 312 g/mol. The predicted octanol–water partition coefficient (Wildman–Crippen LogP) is 0.769. The number of rotatable bonds is 6. The summed E-state index contributed by atoms with van der Waals surface area (Å²) in [5.41, 5.74) is 0.476. The van der Waals surface area contributed by atoms with Gasteiger partial charge in [0.05, 0.1) is 12.8 Å². The minimum Gasteiger partial charge on any atom is -0.497 e. The van der Waals surface area contributed by atoms with E-state index in [1.54, 1.807) is 7.11 Å². The molecule has 0 bridgehead atoms. The summed E-state index contributed by atoms with van der Waals surface area (Å²) in [7, 11) is 4.52. The highest BCUT2D eigenvalue weighted by Crippen LogP contribution is 2.12. The standard InChI is InChI=1S/C17H20N2O5/c1-18-13(10-15(20)19(2)17(18)22)11-24-16(21)9-6-12-4-7-14(23-3)8-5-12/h4-5,7-8,10H,6,9,11H2,1-3H3. The average Bonchev–Trinajstić information content (AvgIpc) is 2.60. The van der Waals surface area contributed by atoms with E-state index in [-0.39, 0.29) is 19.0 Å². The minimum absolute atomic E-state index is 0.108. The Kier molecular flexibility index (Phi) is 5.57. The first-order chi connectivity index (χ1) is 11.4. The van der Waals surface area contributed by atoms with Gasteiger partial charge in [0.15, 0.2) is 0 Å². The number of nitrogens with zero attached hydrogens (tertiary/aromatic N) is 2. The van der Waals surface area contributed by atoms with Gasteiger partial charge >= 0.3 is 11.7 Å². The summed E-state index contributed by atoms with van der Waals surface area (Å²) < 4.78 is 12.5. The minimum atomic E-state index is -0.452. The van der Waals surface area contributed by atoms with Gasteiger partial charge in [-0.3, -0.25) is 18.7 Å². The number of aromatic nitrogens is 2. The molecule has 0 spiro atoms. The van der Waals surface area contributed by atoms with E-state index in [0.717, 1.165) is 15.9 Å². The van der Waals surface area contributed by atoms with Crippen molar-refractivity contribution >= 4 is 5.97 Å². The van der Waals surface area contributed by atoms with Crippen LogP contribution in [0.25, 0.3) is 0 Å². The molecule has 0 aliphatic heterocycles. The number of hydrogen-bond acceptors (Lipinski definition) is 5. The summed E-state index contributed by atoms with van der Waals surface area (Å²) in [6, 6.07) is 8.72. The molecule has 0 unspecified atom stereocenters. The number of benzene rings is 1. The first kappa shape index (κ1) is 17.5. The smallest absolute Gasteiger partial charge is 0.330 e. The van der Waals surface area contributed by atoms with E-state index in [1.807, 2.05) is 24.3 Å². The summed E-state index contributed by atoms with van der Waals surface area (Å²) in [6.45, 7) is -0.108. The Morgan fingerprint density at radius 3 is 2.38 bits per heavy atom. The zero-order valence-corrected chi connectivity index (χ0v) is 13.9. The molecule has 0 fully saturated rings. The SMILES string of the molecule is COc1ccc(CCC(=O)OCc2cc(=O)n(C)c(=O)n2C)cc1. The molecule has 0 N–H and O–H groups in total. The summed E-state index contributed by atoms with van der Waals surface area (Å²) in [4.78, 5) is 35.3. The van der Waals surface area contributed by atoms with Crippen LogP contribution in [0.3, 0.4) is 0 Å². The van der Waals surface area contributed by atoms with E-state index in [1.165, 1.54) is 24.7 Å². The van der Waals surface area contributed by atoms with Crippen molar-refractivity contribution in [1.29, 1.82) is 0 Å². The lowest BCUT2D eigenvalue weighted by Crippen LogP contribution is -2.38. The molecule has 0 aliphatic rings. The number of hydrogen-bond donors (Lipinski definition) is 0. The molecule has 0 amide bonds. The summed E-state index contributed by atoms with van der Waals surface area (Å²) >= 11 is 0. The van der Waals surface area contributed by atoms with E-state index < -0.39 is 11.2 Å². The lowest BCUT2D eigenvalue weighted by molar-refractivity contribution is -0.145. The van der Waals surface area contributed by atoms with Crippen molar-refractivity contribution in [2.75, 3.05) is 7.11 Å². The lowest BCUT2D eigenvalue weighted by atomic mass is 10.1. The van der Waals surface area contributed by atoms with Crippen LogP contribution in [0.5, 0.6) is 5.75 Å². The summed E-state index contributed by atoms with van der Waals surface area (Å²) in [5, 5.41) is 0. The van der Waals surface area contributed by atoms with Crippen LogP contribution in [0.2, 0.25) is 0 Å². The molecule has 2 aromatic rings. The van der Waals surface area contributed by atoms with E-state index in [2.05, 4.69) is 0 Å². The van der Waals surface area contributed by atoms with Crippen LogP contribution >= 0.6 is 0 Å². The fraction of sp³-hybridized carbons (Fsp3) is 0.353. The van der Waals surface area contributed by atoms with Crippen molar-refractivity contribution in [1.82, 2.24) is 9.13 Å². The molecule has 2 rings (SSSR count). The Morgan fingerprint density at radius 2 is 1.75 bits per heavy atom. The van der Waals surface area contributed by atoms with Gasteiger partial charge in [-0.05, 0) is 24.1 Å². The monoisotopic (exact) mass is 332 g/mol. The van der Waals surface area contributed by atoms with Gasteiger partial charge in [-0.2, -0.15) is 0 Å². The zero-order valence-electron chi connectivity index (χ0n) is 13.9. The van der Waals surface area contributed by atoms with Gasteiger partial charge in [-0.1, -0.05) is 12.1 Å². The Labute approximate surface area is 139 Å². The molecule has 7 heteroatoms. The van der Waals surface area contributed by atoms with Crippen LogP contribution in [0.15, 0.2) is 39.9 Å². The molecule has 0 atom stereocenters. The molecule has 1 heterocycles. The average molecular weight is 332 g/mol. The van der Waals surface area contributed by atoms with Crippen molar-refractivity contribution < 1.29 is 14.3 Å². The molecule has 0 saturated carbocycles. The lowest BCUT2D eigenvalue weighted by Gasteiger charge is -2.10. The fourth-order valence-electron chi connectivity index (χ4n) is 2.18. The second-order valence-electron chi connectivity index (χ2n) is 5.38. The highest BCUT2D eigenvalue weighted by Gasteiger charge is 2.09. The van der Waals surface area contributed by atoms with Crippen LogP contribution in [0, 0.1) is 0 Å². The molecule has 0 aliphatic carbocycles. The molecule has 0 radical (unpaired) electrons.